The SMILES string of the molecule is CC(N)COCCOCCOCC(C)N.CC(N)COCCOCCOCC(C)N.O. The Bertz CT molecular complexity index is 268. The van der Waals surface area contributed by atoms with E-state index >= 15 is 0 Å². The zero-order chi connectivity index (χ0) is 23.0. The van der Waals surface area contributed by atoms with Gasteiger partial charge in [-0.25, -0.2) is 0 Å². The Hall–Kier alpha value is -0.440. The van der Waals surface area contributed by atoms with Crippen molar-refractivity contribution in [2.45, 2.75) is 51.9 Å². The summed E-state index contributed by atoms with van der Waals surface area (Å²) in [6.07, 6.45) is 0. The molecule has 11 nitrogen and oxygen atoms in total. The fourth-order valence-electron chi connectivity index (χ4n) is 1.75. The topological polar surface area (TPSA) is 191 Å². The van der Waals surface area contributed by atoms with Gasteiger partial charge in [0.05, 0.1) is 79.3 Å². The fourth-order valence-corrected chi connectivity index (χ4v) is 1.75. The molecule has 0 aliphatic heterocycles. The lowest BCUT2D eigenvalue weighted by molar-refractivity contribution is 0.0112. The van der Waals surface area contributed by atoms with E-state index in [2.05, 4.69) is 0 Å². The molecule has 0 heterocycles. The first-order valence-corrected chi connectivity index (χ1v) is 10.7. The first-order valence-electron chi connectivity index (χ1n) is 10.7. The van der Waals surface area contributed by atoms with Crippen LogP contribution in [0.4, 0.5) is 0 Å². The second-order valence-electron chi connectivity index (χ2n) is 7.43. The van der Waals surface area contributed by atoms with Crippen molar-refractivity contribution in [2.24, 2.45) is 22.9 Å². The molecule has 11 heteroatoms. The molecule has 0 aromatic carbocycles. The highest BCUT2D eigenvalue weighted by Gasteiger charge is 1.97. The molecule has 0 spiro atoms. The van der Waals surface area contributed by atoms with E-state index in [1.165, 1.54) is 0 Å². The maximum atomic E-state index is 5.50. The Balaban J connectivity index is -0.000000490. The van der Waals surface area contributed by atoms with Gasteiger partial charge in [-0.05, 0) is 27.7 Å². The average molecular weight is 459 g/mol. The van der Waals surface area contributed by atoms with Crippen LogP contribution < -0.4 is 22.9 Å². The summed E-state index contributed by atoms with van der Waals surface area (Å²) in [5.41, 5.74) is 22.0. The van der Waals surface area contributed by atoms with Crippen LogP contribution in [0.15, 0.2) is 0 Å². The van der Waals surface area contributed by atoms with Crippen LogP contribution in [0.2, 0.25) is 0 Å². The molecule has 0 bridgehead atoms. The summed E-state index contributed by atoms with van der Waals surface area (Å²) < 4.78 is 31.4. The number of ether oxygens (including phenoxy) is 6. The zero-order valence-corrected chi connectivity index (χ0v) is 20.1. The van der Waals surface area contributed by atoms with Crippen LogP contribution in [-0.4, -0.2) is 109 Å². The highest BCUT2D eigenvalue weighted by molar-refractivity contribution is 4.50. The third-order valence-electron chi connectivity index (χ3n) is 3.01. The summed E-state index contributed by atoms with van der Waals surface area (Å²) >= 11 is 0. The smallest absolute Gasteiger partial charge is 0.0701 e. The van der Waals surface area contributed by atoms with Gasteiger partial charge in [0.15, 0.2) is 0 Å². The van der Waals surface area contributed by atoms with Gasteiger partial charge in [0.25, 0.3) is 0 Å². The van der Waals surface area contributed by atoms with Crippen molar-refractivity contribution >= 4 is 0 Å². The van der Waals surface area contributed by atoms with Crippen LogP contribution in [0.5, 0.6) is 0 Å². The molecule has 4 unspecified atom stereocenters. The summed E-state index contributed by atoms with van der Waals surface area (Å²) in [7, 11) is 0. The molecule has 0 rings (SSSR count). The molecule has 0 saturated carbocycles. The lowest BCUT2D eigenvalue weighted by atomic mass is 10.4. The van der Waals surface area contributed by atoms with Gasteiger partial charge in [-0.15, -0.1) is 0 Å². The molecule has 0 aromatic rings. The molecule has 0 aliphatic rings. The normalized spacial score (nSPS) is 14.7. The quantitative estimate of drug-likeness (QED) is 0.158. The number of rotatable bonds is 20. The zero-order valence-electron chi connectivity index (χ0n) is 20.1. The van der Waals surface area contributed by atoms with E-state index in [4.69, 9.17) is 51.4 Å². The van der Waals surface area contributed by atoms with Crippen LogP contribution in [0.1, 0.15) is 27.7 Å². The minimum Gasteiger partial charge on any atom is -0.412 e. The van der Waals surface area contributed by atoms with E-state index in [1.54, 1.807) is 0 Å². The molecular weight excluding hydrogens is 408 g/mol. The fraction of sp³-hybridized carbons (Fsp3) is 1.00. The van der Waals surface area contributed by atoms with Crippen molar-refractivity contribution in [3.63, 3.8) is 0 Å². The highest BCUT2D eigenvalue weighted by Crippen LogP contribution is 1.85. The Morgan fingerprint density at radius 3 is 0.710 bits per heavy atom. The Morgan fingerprint density at radius 1 is 0.387 bits per heavy atom. The summed E-state index contributed by atoms with van der Waals surface area (Å²) in [5, 5.41) is 0. The second-order valence-corrected chi connectivity index (χ2v) is 7.43. The van der Waals surface area contributed by atoms with Gasteiger partial charge < -0.3 is 56.8 Å². The molecule has 0 radical (unpaired) electrons. The van der Waals surface area contributed by atoms with E-state index in [1.807, 2.05) is 27.7 Å². The standard InChI is InChI=1S/2C10H24N2O3.H2O/c2*1-9(11)7-14-5-3-13-4-6-15-8-10(2)12;/h2*9-10H,3-8,11-12H2,1-2H3;1H2. The highest BCUT2D eigenvalue weighted by atomic mass is 16.5. The molecule has 0 aromatic heterocycles. The Morgan fingerprint density at radius 2 is 0.548 bits per heavy atom. The van der Waals surface area contributed by atoms with Gasteiger partial charge in [-0.2, -0.15) is 0 Å². The monoisotopic (exact) mass is 458 g/mol. The van der Waals surface area contributed by atoms with Crippen molar-refractivity contribution in [1.82, 2.24) is 0 Å². The number of hydrogen-bond donors (Lipinski definition) is 4. The largest absolute Gasteiger partial charge is 0.412 e. The summed E-state index contributed by atoms with van der Waals surface area (Å²) in [4.78, 5) is 0. The molecule has 4 atom stereocenters. The van der Waals surface area contributed by atoms with E-state index < -0.39 is 0 Å². The summed E-state index contributed by atoms with van der Waals surface area (Å²) in [6.45, 7) is 14.5. The van der Waals surface area contributed by atoms with Crippen molar-refractivity contribution in [2.75, 3.05) is 79.3 Å². The van der Waals surface area contributed by atoms with Crippen molar-refractivity contribution in [3.8, 4) is 0 Å². The van der Waals surface area contributed by atoms with Gasteiger partial charge in [0.1, 0.15) is 0 Å². The van der Waals surface area contributed by atoms with Gasteiger partial charge in [0.2, 0.25) is 0 Å². The first-order chi connectivity index (χ1) is 14.3. The molecule has 0 fully saturated rings. The van der Waals surface area contributed by atoms with Gasteiger partial charge in [0, 0.05) is 24.2 Å². The van der Waals surface area contributed by atoms with Crippen LogP contribution in [0, 0.1) is 0 Å². The van der Waals surface area contributed by atoms with Crippen LogP contribution in [-0.2, 0) is 28.4 Å². The Labute approximate surface area is 188 Å². The van der Waals surface area contributed by atoms with E-state index in [-0.39, 0.29) is 29.6 Å². The van der Waals surface area contributed by atoms with Crippen LogP contribution in [0.25, 0.3) is 0 Å². The van der Waals surface area contributed by atoms with E-state index in [0.717, 1.165) is 0 Å². The molecule has 31 heavy (non-hydrogen) atoms. The summed E-state index contributed by atoms with van der Waals surface area (Å²) in [6, 6.07) is 0.331. The minimum atomic E-state index is 0. The first kappa shape index (κ1) is 35.2. The van der Waals surface area contributed by atoms with Crippen molar-refractivity contribution in [3.05, 3.63) is 0 Å². The van der Waals surface area contributed by atoms with Gasteiger partial charge in [-0.3, -0.25) is 0 Å². The predicted octanol–water partition coefficient (Wildman–Crippen LogP) is -1.36. The van der Waals surface area contributed by atoms with Gasteiger partial charge >= 0.3 is 0 Å². The van der Waals surface area contributed by atoms with Crippen LogP contribution in [0.3, 0.4) is 0 Å². The van der Waals surface area contributed by atoms with Gasteiger partial charge in [-0.1, -0.05) is 0 Å². The maximum absolute atomic E-state index is 5.50. The van der Waals surface area contributed by atoms with E-state index in [0.29, 0.717) is 79.3 Å². The summed E-state index contributed by atoms with van der Waals surface area (Å²) in [5.74, 6) is 0. The number of nitrogens with two attached hydrogens (primary N) is 4. The number of hydrogen-bond acceptors (Lipinski definition) is 10. The molecule has 10 N–H and O–H groups in total. The Kier molecular flexibility index (Phi) is 31.3. The molecule has 0 saturated heterocycles. The third-order valence-corrected chi connectivity index (χ3v) is 3.01. The lowest BCUT2D eigenvalue weighted by Gasteiger charge is -2.09. The molecule has 0 aliphatic carbocycles. The molecule has 192 valence electrons. The maximum Gasteiger partial charge on any atom is 0.0701 e. The average Bonchev–Trinajstić information content (AvgIpc) is 2.65. The minimum absolute atomic E-state index is 0. The van der Waals surface area contributed by atoms with Crippen LogP contribution >= 0.6 is 0 Å². The lowest BCUT2D eigenvalue weighted by Crippen LogP contribution is -2.24. The molecular formula is C20H50N4O7. The van der Waals surface area contributed by atoms with Crippen molar-refractivity contribution in [1.29, 1.82) is 0 Å². The van der Waals surface area contributed by atoms with Crippen molar-refractivity contribution < 1.29 is 33.9 Å². The third kappa shape index (κ3) is 40.4. The second kappa shape index (κ2) is 27.6. The molecule has 0 amide bonds. The van der Waals surface area contributed by atoms with E-state index in [9.17, 15) is 0 Å². The predicted molar refractivity (Wildman–Crippen MR) is 123 cm³/mol.